The van der Waals surface area contributed by atoms with Gasteiger partial charge in [-0.1, -0.05) is 18.2 Å². The zero-order valence-electron chi connectivity index (χ0n) is 11.4. The molecule has 0 fully saturated rings. The number of carbonyl (C=O) groups excluding carboxylic acids is 1. The Morgan fingerprint density at radius 3 is 2.83 bits per heavy atom. The summed E-state index contributed by atoms with van der Waals surface area (Å²) in [4.78, 5) is 11.8. The number of nitrogens with one attached hydrogen (secondary N) is 1. The molecule has 2 rings (SSSR count). The highest BCUT2D eigenvalue weighted by Gasteiger charge is 2.17. The van der Waals surface area contributed by atoms with Crippen molar-refractivity contribution in [3.05, 3.63) is 34.9 Å². The standard InChI is InChI=1S/C15H21NO2/c1-15(2,3)18-14(17)9-11-4-5-13-10-16-7-6-12(13)8-11/h4-5,8,16H,6-7,9-10H2,1-3H3. The van der Waals surface area contributed by atoms with E-state index in [0.717, 1.165) is 25.1 Å². The van der Waals surface area contributed by atoms with Crippen LogP contribution in [0, 0.1) is 0 Å². The van der Waals surface area contributed by atoms with Gasteiger partial charge in [-0.3, -0.25) is 4.79 Å². The van der Waals surface area contributed by atoms with Crippen molar-refractivity contribution in [3.63, 3.8) is 0 Å². The molecule has 0 radical (unpaired) electrons. The number of carbonyl (C=O) groups is 1. The minimum Gasteiger partial charge on any atom is -0.460 e. The summed E-state index contributed by atoms with van der Waals surface area (Å²) < 4.78 is 5.33. The maximum absolute atomic E-state index is 11.8. The molecule has 0 spiro atoms. The van der Waals surface area contributed by atoms with E-state index in [9.17, 15) is 4.79 Å². The quantitative estimate of drug-likeness (QED) is 0.814. The third-order valence-electron chi connectivity index (χ3n) is 2.93. The summed E-state index contributed by atoms with van der Waals surface area (Å²) in [6.45, 7) is 7.63. The van der Waals surface area contributed by atoms with Gasteiger partial charge in [0.15, 0.2) is 0 Å². The van der Waals surface area contributed by atoms with Gasteiger partial charge >= 0.3 is 5.97 Å². The average Bonchev–Trinajstić information content (AvgIpc) is 2.26. The van der Waals surface area contributed by atoms with Crippen molar-refractivity contribution in [2.45, 2.75) is 45.8 Å². The molecule has 1 aromatic rings. The van der Waals surface area contributed by atoms with Gasteiger partial charge in [-0.2, -0.15) is 0 Å². The average molecular weight is 247 g/mol. The van der Waals surface area contributed by atoms with E-state index in [1.165, 1.54) is 11.1 Å². The molecule has 0 saturated carbocycles. The smallest absolute Gasteiger partial charge is 0.310 e. The van der Waals surface area contributed by atoms with Crippen LogP contribution in [0.1, 0.15) is 37.5 Å². The molecule has 3 nitrogen and oxygen atoms in total. The van der Waals surface area contributed by atoms with E-state index in [2.05, 4.69) is 17.4 Å². The van der Waals surface area contributed by atoms with Gasteiger partial charge in [-0.15, -0.1) is 0 Å². The Balaban J connectivity index is 2.04. The Morgan fingerprint density at radius 1 is 1.33 bits per heavy atom. The predicted molar refractivity (Wildman–Crippen MR) is 71.4 cm³/mol. The number of rotatable bonds is 2. The Hall–Kier alpha value is -1.35. The van der Waals surface area contributed by atoms with Crippen LogP contribution in [0.25, 0.3) is 0 Å². The van der Waals surface area contributed by atoms with Crippen molar-refractivity contribution in [3.8, 4) is 0 Å². The molecular weight excluding hydrogens is 226 g/mol. The molecular formula is C15H21NO2. The third kappa shape index (κ3) is 3.57. The van der Waals surface area contributed by atoms with E-state index in [-0.39, 0.29) is 5.97 Å². The topological polar surface area (TPSA) is 38.3 Å². The van der Waals surface area contributed by atoms with Crippen molar-refractivity contribution < 1.29 is 9.53 Å². The normalized spacial score (nSPS) is 15.1. The first-order chi connectivity index (χ1) is 8.44. The lowest BCUT2D eigenvalue weighted by Crippen LogP contribution is -2.25. The Morgan fingerprint density at radius 2 is 2.11 bits per heavy atom. The Kier molecular flexibility index (Phi) is 3.71. The second kappa shape index (κ2) is 5.11. The number of hydrogen-bond acceptors (Lipinski definition) is 3. The molecule has 0 atom stereocenters. The van der Waals surface area contributed by atoms with E-state index >= 15 is 0 Å². The number of fused-ring (bicyclic) bond motifs is 1. The summed E-state index contributed by atoms with van der Waals surface area (Å²) >= 11 is 0. The van der Waals surface area contributed by atoms with Gasteiger partial charge < -0.3 is 10.1 Å². The lowest BCUT2D eigenvalue weighted by atomic mass is 9.97. The van der Waals surface area contributed by atoms with Crippen molar-refractivity contribution >= 4 is 5.97 Å². The third-order valence-corrected chi connectivity index (χ3v) is 2.93. The molecule has 1 aliphatic heterocycles. The highest BCUT2D eigenvalue weighted by atomic mass is 16.6. The second-order valence-electron chi connectivity index (χ2n) is 5.79. The van der Waals surface area contributed by atoms with E-state index in [1.54, 1.807) is 0 Å². The molecule has 0 aliphatic carbocycles. The SMILES string of the molecule is CC(C)(C)OC(=O)Cc1ccc2c(c1)CCNC2. The molecule has 1 N–H and O–H groups in total. The first kappa shape index (κ1) is 13.1. The van der Waals surface area contributed by atoms with Crippen molar-refractivity contribution in [1.82, 2.24) is 5.32 Å². The largest absolute Gasteiger partial charge is 0.460 e. The van der Waals surface area contributed by atoms with Gasteiger partial charge in [-0.05, 0) is 50.4 Å². The molecule has 1 aliphatic rings. The van der Waals surface area contributed by atoms with Crippen LogP contribution < -0.4 is 5.32 Å². The first-order valence-electron chi connectivity index (χ1n) is 6.47. The number of esters is 1. The molecule has 1 aromatic carbocycles. The fourth-order valence-corrected chi connectivity index (χ4v) is 2.18. The molecule has 18 heavy (non-hydrogen) atoms. The maximum atomic E-state index is 11.8. The fourth-order valence-electron chi connectivity index (χ4n) is 2.18. The predicted octanol–water partition coefficient (Wildman–Crippen LogP) is 2.22. The summed E-state index contributed by atoms with van der Waals surface area (Å²) in [6, 6.07) is 6.27. The molecule has 0 saturated heterocycles. The van der Waals surface area contributed by atoms with Gasteiger partial charge in [0.2, 0.25) is 0 Å². The highest BCUT2D eigenvalue weighted by molar-refractivity contribution is 5.73. The molecule has 0 bridgehead atoms. The van der Waals surface area contributed by atoms with Crippen LogP contribution in [0.4, 0.5) is 0 Å². The van der Waals surface area contributed by atoms with E-state index in [4.69, 9.17) is 4.74 Å². The first-order valence-corrected chi connectivity index (χ1v) is 6.47. The van der Waals surface area contributed by atoms with E-state index in [0.29, 0.717) is 6.42 Å². The maximum Gasteiger partial charge on any atom is 0.310 e. The highest BCUT2D eigenvalue weighted by Crippen LogP contribution is 2.17. The molecule has 3 heteroatoms. The van der Waals surface area contributed by atoms with Crippen LogP contribution in [0.15, 0.2) is 18.2 Å². The van der Waals surface area contributed by atoms with Crippen LogP contribution in [0.5, 0.6) is 0 Å². The molecule has 0 amide bonds. The zero-order chi connectivity index (χ0) is 13.2. The van der Waals surface area contributed by atoms with Crippen LogP contribution in [0.3, 0.4) is 0 Å². The molecule has 1 heterocycles. The number of ether oxygens (including phenoxy) is 1. The van der Waals surface area contributed by atoms with E-state index in [1.807, 2.05) is 26.8 Å². The fraction of sp³-hybridized carbons (Fsp3) is 0.533. The number of hydrogen-bond donors (Lipinski definition) is 1. The molecule has 98 valence electrons. The summed E-state index contributed by atoms with van der Waals surface area (Å²) in [7, 11) is 0. The summed E-state index contributed by atoms with van der Waals surface area (Å²) in [5.74, 6) is -0.156. The number of benzene rings is 1. The van der Waals surface area contributed by atoms with Crippen molar-refractivity contribution in [2.75, 3.05) is 6.54 Å². The minimum atomic E-state index is -0.408. The minimum absolute atomic E-state index is 0.156. The lowest BCUT2D eigenvalue weighted by molar-refractivity contribution is -0.153. The van der Waals surface area contributed by atoms with Gasteiger partial charge in [0.25, 0.3) is 0 Å². The lowest BCUT2D eigenvalue weighted by Gasteiger charge is -2.20. The van der Waals surface area contributed by atoms with Crippen molar-refractivity contribution in [2.24, 2.45) is 0 Å². The van der Waals surface area contributed by atoms with Crippen LogP contribution in [0.2, 0.25) is 0 Å². The summed E-state index contributed by atoms with van der Waals surface area (Å²) in [5.41, 5.74) is 3.34. The Bertz CT molecular complexity index is 446. The second-order valence-corrected chi connectivity index (χ2v) is 5.79. The molecule has 0 aromatic heterocycles. The van der Waals surface area contributed by atoms with Crippen LogP contribution in [-0.4, -0.2) is 18.1 Å². The summed E-state index contributed by atoms with van der Waals surface area (Å²) in [6.07, 6.45) is 1.40. The molecule has 0 unspecified atom stereocenters. The van der Waals surface area contributed by atoms with Gasteiger partial charge in [0.1, 0.15) is 5.60 Å². The monoisotopic (exact) mass is 247 g/mol. The van der Waals surface area contributed by atoms with Gasteiger partial charge in [0, 0.05) is 6.54 Å². The van der Waals surface area contributed by atoms with Crippen LogP contribution >= 0.6 is 0 Å². The zero-order valence-corrected chi connectivity index (χ0v) is 11.4. The van der Waals surface area contributed by atoms with Crippen molar-refractivity contribution in [1.29, 1.82) is 0 Å². The van der Waals surface area contributed by atoms with Gasteiger partial charge in [0.05, 0.1) is 6.42 Å². The Labute approximate surface area is 109 Å². The van der Waals surface area contributed by atoms with Gasteiger partial charge in [-0.25, -0.2) is 0 Å². The van der Waals surface area contributed by atoms with E-state index < -0.39 is 5.60 Å². The summed E-state index contributed by atoms with van der Waals surface area (Å²) in [5, 5.41) is 3.34. The van der Waals surface area contributed by atoms with Crippen LogP contribution in [-0.2, 0) is 28.9 Å².